The fourth-order valence-electron chi connectivity index (χ4n) is 1.04. The summed E-state index contributed by atoms with van der Waals surface area (Å²) in [5.41, 5.74) is 0.963. The van der Waals surface area contributed by atoms with E-state index in [2.05, 4.69) is 20.9 Å². The third kappa shape index (κ3) is 1.16. The molecule has 4 heteroatoms. The molecule has 0 fully saturated rings. The first-order valence-electron chi connectivity index (χ1n) is 3.39. The second-order valence-electron chi connectivity index (χ2n) is 2.44. The molecule has 2 aromatic heterocycles. The minimum Gasteiger partial charge on any atom is -0.254 e. The van der Waals surface area contributed by atoms with Crippen LogP contribution in [0.3, 0.4) is 0 Å². The second-order valence-corrected chi connectivity index (χ2v) is 4.87. The van der Waals surface area contributed by atoms with E-state index in [1.165, 1.54) is 4.88 Å². The Morgan fingerprint density at radius 3 is 3.00 bits per heavy atom. The van der Waals surface area contributed by atoms with E-state index in [9.17, 15) is 0 Å². The molecule has 2 aromatic rings. The summed E-state index contributed by atoms with van der Waals surface area (Å²) in [5.74, 6) is 0. The third-order valence-corrected chi connectivity index (χ3v) is 4.42. The molecule has 0 radical (unpaired) electrons. The van der Waals surface area contributed by atoms with E-state index in [0.29, 0.717) is 0 Å². The summed E-state index contributed by atoms with van der Waals surface area (Å²) in [5, 5.41) is 0.777. The van der Waals surface area contributed by atoms with E-state index in [4.69, 9.17) is 11.6 Å². The highest BCUT2D eigenvalue weighted by molar-refractivity contribution is 9.10. The number of nitrogens with zero attached hydrogens (tertiary/aromatic N) is 1. The third-order valence-electron chi connectivity index (χ3n) is 1.63. The first-order chi connectivity index (χ1) is 5.70. The Kier molecular flexibility index (Phi) is 2.10. The van der Waals surface area contributed by atoms with Gasteiger partial charge in [0.25, 0.3) is 0 Å². The summed E-state index contributed by atoms with van der Waals surface area (Å²) < 4.78 is 2.12. The molecule has 0 saturated carbocycles. The molecular formula is C8H5BrClNS. The van der Waals surface area contributed by atoms with Crippen LogP contribution in [0.2, 0.25) is 5.02 Å². The van der Waals surface area contributed by atoms with Gasteiger partial charge in [-0.2, -0.15) is 0 Å². The molecule has 0 atom stereocenters. The number of hydrogen-bond acceptors (Lipinski definition) is 2. The van der Waals surface area contributed by atoms with Crippen LogP contribution in [0.25, 0.3) is 10.2 Å². The Hall–Kier alpha value is -0.120. The number of aromatic nitrogens is 1. The Balaban J connectivity index is 2.95. The van der Waals surface area contributed by atoms with Gasteiger partial charge in [-0.05, 0) is 28.9 Å². The topological polar surface area (TPSA) is 12.9 Å². The Bertz CT molecular complexity index is 438. The van der Waals surface area contributed by atoms with Gasteiger partial charge in [-0.25, -0.2) is 0 Å². The van der Waals surface area contributed by atoms with Gasteiger partial charge in [0, 0.05) is 11.1 Å². The van der Waals surface area contributed by atoms with Gasteiger partial charge in [-0.1, -0.05) is 11.6 Å². The zero-order chi connectivity index (χ0) is 8.72. The molecule has 0 aliphatic heterocycles. The maximum absolute atomic E-state index is 5.99. The lowest BCUT2D eigenvalue weighted by atomic mass is 10.4. The van der Waals surface area contributed by atoms with Crippen molar-refractivity contribution >= 4 is 49.1 Å². The maximum atomic E-state index is 5.99. The SMILES string of the molecule is Cc1sc2c(Cl)ccnc2c1Br. The van der Waals surface area contributed by atoms with Crippen molar-refractivity contribution in [2.24, 2.45) is 0 Å². The lowest BCUT2D eigenvalue weighted by Crippen LogP contribution is -1.72. The fourth-order valence-corrected chi connectivity index (χ4v) is 2.89. The average molecular weight is 263 g/mol. The normalized spacial score (nSPS) is 10.9. The van der Waals surface area contributed by atoms with Crippen molar-refractivity contribution in [1.82, 2.24) is 4.98 Å². The summed E-state index contributed by atoms with van der Waals surface area (Å²) in [6.45, 7) is 2.05. The fraction of sp³-hybridized carbons (Fsp3) is 0.125. The number of aryl methyl sites for hydroxylation is 1. The molecule has 0 spiro atoms. The Labute approximate surface area is 87.5 Å². The number of pyridine rings is 1. The van der Waals surface area contributed by atoms with Gasteiger partial charge in [0.15, 0.2) is 0 Å². The van der Waals surface area contributed by atoms with Gasteiger partial charge in [0.2, 0.25) is 0 Å². The van der Waals surface area contributed by atoms with Crippen molar-refractivity contribution in [1.29, 1.82) is 0 Å². The molecule has 0 unspecified atom stereocenters. The largest absolute Gasteiger partial charge is 0.254 e. The molecule has 0 aromatic carbocycles. The molecule has 0 aliphatic rings. The summed E-state index contributed by atoms with van der Waals surface area (Å²) >= 11 is 11.1. The van der Waals surface area contributed by atoms with Crippen LogP contribution in [-0.4, -0.2) is 4.98 Å². The first-order valence-corrected chi connectivity index (χ1v) is 5.38. The lowest BCUT2D eigenvalue weighted by molar-refractivity contribution is 1.41. The molecule has 0 amide bonds. The van der Waals surface area contributed by atoms with E-state index in [1.54, 1.807) is 17.5 Å². The van der Waals surface area contributed by atoms with E-state index >= 15 is 0 Å². The van der Waals surface area contributed by atoms with E-state index in [1.807, 2.05) is 13.0 Å². The van der Waals surface area contributed by atoms with E-state index in [-0.39, 0.29) is 0 Å². The van der Waals surface area contributed by atoms with Crippen LogP contribution in [0.5, 0.6) is 0 Å². The number of fused-ring (bicyclic) bond motifs is 1. The smallest absolute Gasteiger partial charge is 0.0969 e. The number of thiophene rings is 1. The van der Waals surface area contributed by atoms with Gasteiger partial charge in [0.1, 0.15) is 0 Å². The molecular weight excluding hydrogens is 258 g/mol. The first kappa shape index (κ1) is 8.48. The van der Waals surface area contributed by atoms with Crippen LogP contribution < -0.4 is 0 Å². The average Bonchev–Trinajstić information content (AvgIpc) is 2.32. The summed E-state index contributed by atoms with van der Waals surface area (Å²) in [6.07, 6.45) is 1.72. The molecule has 0 N–H and O–H groups in total. The molecule has 0 bridgehead atoms. The number of rotatable bonds is 0. The minimum absolute atomic E-state index is 0.777. The van der Waals surface area contributed by atoms with Crippen LogP contribution >= 0.6 is 38.9 Å². The Morgan fingerprint density at radius 1 is 1.58 bits per heavy atom. The van der Waals surface area contributed by atoms with E-state index < -0.39 is 0 Å². The quantitative estimate of drug-likeness (QED) is 0.699. The highest BCUT2D eigenvalue weighted by atomic mass is 79.9. The van der Waals surface area contributed by atoms with E-state index in [0.717, 1.165) is 19.7 Å². The number of hydrogen-bond donors (Lipinski definition) is 0. The van der Waals surface area contributed by atoms with Gasteiger partial charge < -0.3 is 0 Å². The van der Waals surface area contributed by atoms with Crippen LogP contribution in [0.4, 0.5) is 0 Å². The second kappa shape index (κ2) is 2.98. The van der Waals surface area contributed by atoms with Crippen molar-refractivity contribution in [3.8, 4) is 0 Å². The standard InChI is InChI=1S/C8H5BrClNS/c1-4-6(9)7-8(12-4)5(10)2-3-11-7/h2-3H,1H3. The van der Waals surface area contributed by atoms with Crippen molar-refractivity contribution in [2.45, 2.75) is 6.92 Å². The summed E-state index contributed by atoms with van der Waals surface area (Å²) in [4.78, 5) is 5.46. The Morgan fingerprint density at radius 2 is 2.33 bits per heavy atom. The summed E-state index contributed by atoms with van der Waals surface area (Å²) in [7, 11) is 0. The minimum atomic E-state index is 0.777. The zero-order valence-electron chi connectivity index (χ0n) is 6.27. The maximum Gasteiger partial charge on any atom is 0.0969 e. The van der Waals surface area contributed by atoms with Gasteiger partial charge >= 0.3 is 0 Å². The van der Waals surface area contributed by atoms with Crippen molar-refractivity contribution in [2.75, 3.05) is 0 Å². The number of halogens is 2. The molecule has 2 heterocycles. The van der Waals surface area contributed by atoms with Gasteiger partial charge in [-0.3, -0.25) is 4.98 Å². The summed E-state index contributed by atoms with van der Waals surface area (Å²) in [6, 6.07) is 1.81. The molecule has 12 heavy (non-hydrogen) atoms. The molecule has 2 rings (SSSR count). The van der Waals surface area contributed by atoms with Crippen molar-refractivity contribution in [3.05, 3.63) is 26.6 Å². The zero-order valence-corrected chi connectivity index (χ0v) is 9.42. The highest BCUT2D eigenvalue weighted by Crippen LogP contribution is 2.36. The molecule has 0 aliphatic carbocycles. The van der Waals surface area contributed by atoms with Crippen molar-refractivity contribution in [3.63, 3.8) is 0 Å². The molecule has 1 nitrogen and oxygen atoms in total. The highest BCUT2D eigenvalue weighted by Gasteiger charge is 2.09. The van der Waals surface area contributed by atoms with Gasteiger partial charge in [-0.15, -0.1) is 11.3 Å². The van der Waals surface area contributed by atoms with Crippen molar-refractivity contribution < 1.29 is 0 Å². The van der Waals surface area contributed by atoms with Crippen LogP contribution in [0, 0.1) is 6.92 Å². The monoisotopic (exact) mass is 261 g/mol. The van der Waals surface area contributed by atoms with Gasteiger partial charge in [0.05, 0.1) is 19.7 Å². The molecule has 62 valence electrons. The predicted molar refractivity (Wildman–Crippen MR) is 57.1 cm³/mol. The van der Waals surface area contributed by atoms with Crippen LogP contribution in [-0.2, 0) is 0 Å². The lowest BCUT2D eigenvalue weighted by Gasteiger charge is -1.90. The van der Waals surface area contributed by atoms with Crippen LogP contribution in [0.15, 0.2) is 16.7 Å². The molecule has 0 saturated heterocycles. The van der Waals surface area contributed by atoms with Crippen LogP contribution in [0.1, 0.15) is 4.88 Å². The predicted octanol–water partition coefficient (Wildman–Crippen LogP) is 4.02.